The van der Waals surface area contributed by atoms with Gasteiger partial charge >= 0.3 is 5.97 Å². The van der Waals surface area contributed by atoms with Crippen molar-refractivity contribution in [3.05, 3.63) is 28.5 Å². The van der Waals surface area contributed by atoms with Crippen molar-refractivity contribution in [2.45, 2.75) is 26.2 Å². The number of ether oxygens (including phenoxy) is 1. The average Bonchev–Trinajstić information content (AvgIpc) is 2.93. The van der Waals surface area contributed by atoms with Crippen molar-refractivity contribution in [2.75, 3.05) is 19.7 Å². The molecule has 1 aliphatic rings. The van der Waals surface area contributed by atoms with Gasteiger partial charge in [-0.05, 0) is 31.4 Å². The maximum atomic E-state index is 11.7. The van der Waals surface area contributed by atoms with E-state index >= 15 is 0 Å². The van der Waals surface area contributed by atoms with E-state index in [4.69, 9.17) is 16.3 Å². The fourth-order valence-electron chi connectivity index (χ4n) is 2.15. The molecule has 20 heavy (non-hydrogen) atoms. The number of esters is 1. The van der Waals surface area contributed by atoms with E-state index in [2.05, 4.69) is 4.98 Å². The Morgan fingerprint density at radius 3 is 2.70 bits per heavy atom. The molecule has 6 heteroatoms. The first-order chi connectivity index (χ1) is 9.56. The van der Waals surface area contributed by atoms with Crippen LogP contribution < -0.4 is 0 Å². The zero-order valence-electron chi connectivity index (χ0n) is 11.4. The first-order valence-electron chi connectivity index (χ1n) is 6.61. The van der Waals surface area contributed by atoms with Crippen molar-refractivity contribution in [1.82, 2.24) is 9.88 Å². The van der Waals surface area contributed by atoms with Crippen molar-refractivity contribution in [3.63, 3.8) is 0 Å². The van der Waals surface area contributed by atoms with Gasteiger partial charge in [-0.25, -0.2) is 4.98 Å². The maximum Gasteiger partial charge on any atom is 0.310 e. The van der Waals surface area contributed by atoms with Crippen molar-refractivity contribution in [2.24, 2.45) is 0 Å². The second-order valence-corrected chi connectivity index (χ2v) is 5.19. The Bertz CT molecular complexity index is 513. The monoisotopic (exact) mass is 296 g/mol. The highest BCUT2D eigenvalue weighted by Crippen LogP contribution is 2.12. The van der Waals surface area contributed by atoms with Crippen molar-refractivity contribution in [3.8, 4) is 0 Å². The summed E-state index contributed by atoms with van der Waals surface area (Å²) in [7, 11) is 0. The highest BCUT2D eigenvalue weighted by molar-refractivity contribution is 6.29. The number of hydrogen-bond donors (Lipinski definition) is 0. The molecule has 1 saturated heterocycles. The van der Waals surface area contributed by atoms with Crippen molar-refractivity contribution >= 4 is 23.5 Å². The summed E-state index contributed by atoms with van der Waals surface area (Å²) < 4.78 is 5.01. The van der Waals surface area contributed by atoms with Gasteiger partial charge in [0.05, 0.1) is 6.42 Å². The lowest BCUT2D eigenvalue weighted by atomic mass is 10.1. The van der Waals surface area contributed by atoms with Gasteiger partial charge in [0.15, 0.2) is 6.61 Å². The molecule has 5 nitrogen and oxygen atoms in total. The molecule has 2 heterocycles. The van der Waals surface area contributed by atoms with Crippen LogP contribution >= 0.6 is 11.6 Å². The quantitative estimate of drug-likeness (QED) is 0.627. The Morgan fingerprint density at radius 2 is 2.05 bits per heavy atom. The van der Waals surface area contributed by atoms with Crippen LogP contribution in [-0.4, -0.2) is 41.5 Å². The molecule has 0 radical (unpaired) electrons. The number of amides is 1. The molecular weight excluding hydrogens is 280 g/mol. The van der Waals surface area contributed by atoms with Gasteiger partial charge in [-0.1, -0.05) is 17.7 Å². The van der Waals surface area contributed by atoms with Gasteiger partial charge < -0.3 is 9.64 Å². The zero-order chi connectivity index (χ0) is 14.5. The Balaban J connectivity index is 1.81. The van der Waals surface area contributed by atoms with Crippen molar-refractivity contribution < 1.29 is 14.3 Å². The molecule has 1 fully saturated rings. The van der Waals surface area contributed by atoms with Crippen LogP contribution in [0.2, 0.25) is 5.15 Å². The van der Waals surface area contributed by atoms with Crippen LogP contribution in [0, 0.1) is 6.92 Å². The van der Waals surface area contributed by atoms with Crippen molar-refractivity contribution in [1.29, 1.82) is 0 Å². The highest BCUT2D eigenvalue weighted by Gasteiger charge is 2.19. The third-order valence-electron chi connectivity index (χ3n) is 3.31. The number of carbonyl (C=O) groups excluding carboxylic acids is 2. The van der Waals surface area contributed by atoms with Gasteiger partial charge in [0, 0.05) is 18.8 Å². The summed E-state index contributed by atoms with van der Waals surface area (Å²) in [5, 5.41) is 0.392. The summed E-state index contributed by atoms with van der Waals surface area (Å²) in [6, 6.07) is 3.38. The molecule has 0 aromatic carbocycles. The zero-order valence-corrected chi connectivity index (χ0v) is 12.2. The Morgan fingerprint density at radius 1 is 1.35 bits per heavy atom. The second kappa shape index (κ2) is 6.70. The minimum atomic E-state index is -0.426. The number of aryl methyl sites for hydroxylation is 1. The van der Waals surface area contributed by atoms with Gasteiger partial charge in [-0.3, -0.25) is 9.59 Å². The summed E-state index contributed by atoms with van der Waals surface area (Å²) in [6.45, 7) is 3.12. The van der Waals surface area contributed by atoms with E-state index in [1.165, 1.54) is 0 Å². The standard InChI is InChI=1S/C14H17ClN2O3/c1-10-11(4-5-12(15)16-10)8-14(19)20-9-13(18)17-6-2-3-7-17/h4-5H,2-3,6-9H2,1H3. The van der Waals surface area contributed by atoms with Gasteiger partial charge in [-0.2, -0.15) is 0 Å². The minimum Gasteiger partial charge on any atom is -0.455 e. The summed E-state index contributed by atoms with van der Waals surface area (Å²) >= 11 is 5.75. The van der Waals surface area contributed by atoms with Gasteiger partial charge in [0.25, 0.3) is 5.91 Å². The molecule has 1 aromatic rings. The van der Waals surface area contributed by atoms with E-state index in [-0.39, 0.29) is 18.9 Å². The maximum absolute atomic E-state index is 11.7. The number of pyridine rings is 1. The smallest absolute Gasteiger partial charge is 0.310 e. The molecule has 0 N–H and O–H groups in total. The molecule has 0 saturated carbocycles. The fourth-order valence-corrected chi connectivity index (χ4v) is 2.34. The Labute approximate surface area is 122 Å². The molecular formula is C14H17ClN2O3. The van der Waals surface area contributed by atoms with Gasteiger partial charge in [-0.15, -0.1) is 0 Å². The number of carbonyl (C=O) groups is 2. The summed E-state index contributed by atoms with van der Waals surface area (Å²) in [6.07, 6.45) is 2.15. The lowest BCUT2D eigenvalue weighted by molar-refractivity contribution is -0.151. The van der Waals surface area contributed by atoms with Crippen LogP contribution in [0.4, 0.5) is 0 Å². The molecule has 0 bridgehead atoms. The molecule has 108 valence electrons. The molecule has 1 amide bonds. The molecule has 1 aromatic heterocycles. The number of halogens is 1. The SMILES string of the molecule is Cc1nc(Cl)ccc1CC(=O)OCC(=O)N1CCCC1. The Hall–Kier alpha value is -1.62. The molecule has 0 unspecified atom stereocenters. The summed E-state index contributed by atoms with van der Waals surface area (Å²) in [5.41, 5.74) is 1.45. The number of hydrogen-bond acceptors (Lipinski definition) is 4. The lowest BCUT2D eigenvalue weighted by Crippen LogP contribution is -2.32. The molecule has 1 aliphatic heterocycles. The summed E-state index contributed by atoms with van der Waals surface area (Å²) in [5.74, 6) is -0.549. The number of aromatic nitrogens is 1. The number of likely N-dealkylation sites (tertiary alicyclic amines) is 1. The van der Waals surface area contributed by atoms with Gasteiger partial charge in [0.2, 0.25) is 0 Å². The largest absolute Gasteiger partial charge is 0.455 e. The normalized spacial score (nSPS) is 14.4. The van der Waals surface area contributed by atoms with Crippen LogP contribution in [0.15, 0.2) is 12.1 Å². The van der Waals surface area contributed by atoms with Crippen LogP contribution in [0.1, 0.15) is 24.1 Å². The van der Waals surface area contributed by atoms with E-state index in [1.54, 1.807) is 24.0 Å². The Kier molecular flexibility index (Phi) is 4.95. The van der Waals surface area contributed by atoms with E-state index in [0.29, 0.717) is 10.8 Å². The molecule has 2 rings (SSSR count). The molecule has 0 aliphatic carbocycles. The molecule has 0 spiro atoms. The number of nitrogens with zero attached hydrogens (tertiary/aromatic N) is 2. The summed E-state index contributed by atoms with van der Waals surface area (Å²) in [4.78, 5) is 29.2. The predicted molar refractivity (Wildman–Crippen MR) is 74.5 cm³/mol. The first kappa shape index (κ1) is 14.8. The fraction of sp³-hybridized carbons (Fsp3) is 0.500. The third kappa shape index (κ3) is 3.93. The predicted octanol–water partition coefficient (Wildman–Crippen LogP) is 1.75. The van der Waals surface area contributed by atoms with Crippen LogP contribution in [0.5, 0.6) is 0 Å². The van der Waals surface area contributed by atoms with E-state index in [1.807, 2.05) is 0 Å². The second-order valence-electron chi connectivity index (χ2n) is 4.80. The van der Waals surface area contributed by atoms with Crippen LogP contribution in [0.25, 0.3) is 0 Å². The highest BCUT2D eigenvalue weighted by atomic mass is 35.5. The average molecular weight is 297 g/mol. The lowest BCUT2D eigenvalue weighted by Gasteiger charge is -2.15. The molecule has 0 atom stereocenters. The topological polar surface area (TPSA) is 59.5 Å². The van der Waals surface area contributed by atoms with E-state index < -0.39 is 5.97 Å². The van der Waals surface area contributed by atoms with E-state index in [9.17, 15) is 9.59 Å². The van der Waals surface area contributed by atoms with Crippen LogP contribution in [0.3, 0.4) is 0 Å². The van der Waals surface area contributed by atoms with E-state index in [0.717, 1.165) is 31.5 Å². The number of rotatable bonds is 4. The third-order valence-corrected chi connectivity index (χ3v) is 3.52. The minimum absolute atomic E-state index is 0.100. The first-order valence-corrected chi connectivity index (χ1v) is 6.99. The van der Waals surface area contributed by atoms with Gasteiger partial charge in [0.1, 0.15) is 5.15 Å². The van der Waals surface area contributed by atoms with Crippen LogP contribution in [-0.2, 0) is 20.7 Å².